The topological polar surface area (TPSA) is 54.5 Å². The molecule has 2 atom stereocenters. The van der Waals surface area contributed by atoms with Gasteiger partial charge in [0.05, 0.1) is 12.2 Å². The van der Waals surface area contributed by atoms with Crippen LogP contribution in [-0.4, -0.2) is 36.2 Å². The van der Waals surface area contributed by atoms with E-state index in [4.69, 9.17) is 16.3 Å². The molecule has 0 radical (unpaired) electrons. The van der Waals surface area contributed by atoms with E-state index >= 15 is 0 Å². The third-order valence-corrected chi connectivity index (χ3v) is 5.05. The van der Waals surface area contributed by atoms with Gasteiger partial charge in [-0.1, -0.05) is 29.8 Å². The lowest BCUT2D eigenvalue weighted by molar-refractivity contribution is -0.116. The lowest BCUT2D eigenvalue weighted by atomic mass is 10.1. The number of ether oxygens (including phenoxy) is 1. The zero-order valence-electron chi connectivity index (χ0n) is 16.5. The van der Waals surface area contributed by atoms with E-state index in [9.17, 15) is 4.79 Å². The van der Waals surface area contributed by atoms with Gasteiger partial charge in [-0.25, -0.2) is 4.98 Å². The summed E-state index contributed by atoms with van der Waals surface area (Å²) in [5, 5.41) is 3.57. The third kappa shape index (κ3) is 5.57. The Hall–Kier alpha value is -2.37. The monoisotopic (exact) mass is 399 g/mol. The molecule has 1 aromatic heterocycles. The molecule has 1 aromatic carbocycles. The molecule has 0 spiro atoms. The van der Waals surface area contributed by atoms with Crippen LogP contribution in [0.5, 0.6) is 0 Å². The first-order valence-electron chi connectivity index (χ1n) is 9.48. The molecule has 0 saturated carbocycles. The Balaban J connectivity index is 1.52. The number of aryl methyl sites for hydroxylation is 1. The summed E-state index contributed by atoms with van der Waals surface area (Å²) in [7, 11) is 0. The number of benzene rings is 1. The van der Waals surface area contributed by atoms with Crippen LogP contribution in [0, 0.1) is 6.92 Å². The van der Waals surface area contributed by atoms with E-state index in [1.807, 2.05) is 43.5 Å². The minimum Gasteiger partial charge on any atom is -0.372 e. The number of halogens is 1. The molecule has 5 nitrogen and oxygen atoms in total. The van der Waals surface area contributed by atoms with Gasteiger partial charge in [0.2, 0.25) is 5.91 Å². The van der Waals surface area contributed by atoms with Crippen LogP contribution < -0.4 is 10.2 Å². The van der Waals surface area contributed by atoms with Crippen LogP contribution >= 0.6 is 11.6 Å². The van der Waals surface area contributed by atoms with Crippen molar-refractivity contribution in [2.75, 3.05) is 18.0 Å². The molecule has 0 bridgehead atoms. The van der Waals surface area contributed by atoms with Gasteiger partial charge in [-0.15, -0.1) is 0 Å². The highest BCUT2D eigenvalue weighted by atomic mass is 35.5. The second-order valence-electron chi connectivity index (χ2n) is 7.25. The van der Waals surface area contributed by atoms with Gasteiger partial charge in [-0.3, -0.25) is 4.79 Å². The summed E-state index contributed by atoms with van der Waals surface area (Å²) in [6, 6.07) is 9.70. The van der Waals surface area contributed by atoms with Gasteiger partial charge in [0.25, 0.3) is 0 Å². The number of carbonyl (C=O) groups excluding carboxylic acids is 1. The number of hydrogen-bond acceptors (Lipinski definition) is 4. The lowest BCUT2D eigenvalue weighted by Gasteiger charge is -2.36. The molecule has 1 amide bonds. The fraction of sp³-hybridized carbons (Fsp3) is 0.364. The molecule has 2 aromatic rings. The Bertz CT molecular complexity index is 841. The Morgan fingerprint density at radius 1 is 1.29 bits per heavy atom. The van der Waals surface area contributed by atoms with Crippen LogP contribution in [0.4, 0.5) is 5.82 Å². The summed E-state index contributed by atoms with van der Waals surface area (Å²) in [4.78, 5) is 18.8. The molecule has 1 aliphatic rings. The van der Waals surface area contributed by atoms with Crippen molar-refractivity contribution >= 4 is 29.4 Å². The van der Waals surface area contributed by atoms with Crippen LogP contribution in [0.1, 0.15) is 30.5 Å². The number of amides is 1. The smallest absolute Gasteiger partial charge is 0.244 e. The highest BCUT2D eigenvalue weighted by Crippen LogP contribution is 2.19. The van der Waals surface area contributed by atoms with Gasteiger partial charge in [0, 0.05) is 36.9 Å². The number of carbonyl (C=O) groups is 1. The number of aromatic nitrogens is 1. The predicted octanol–water partition coefficient (Wildman–Crippen LogP) is 3.99. The van der Waals surface area contributed by atoms with Gasteiger partial charge in [-0.2, -0.15) is 0 Å². The van der Waals surface area contributed by atoms with Gasteiger partial charge in [0.1, 0.15) is 5.82 Å². The van der Waals surface area contributed by atoms with E-state index < -0.39 is 0 Å². The quantitative estimate of drug-likeness (QED) is 0.772. The number of nitrogens with one attached hydrogen (secondary N) is 1. The van der Waals surface area contributed by atoms with Crippen LogP contribution in [0.2, 0.25) is 5.02 Å². The molecule has 148 valence electrons. The molecule has 1 saturated heterocycles. The number of morpholine rings is 1. The lowest BCUT2D eigenvalue weighted by Crippen LogP contribution is -2.45. The summed E-state index contributed by atoms with van der Waals surface area (Å²) in [6.45, 7) is 8.20. The number of anilines is 1. The van der Waals surface area contributed by atoms with E-state index in [2.05, 4.69) is 29.0 Å². The number of rotatable bonds is 5. The summed E-state index contributed by atoms with van der Waals surface area (Å²) >= 11 is 6.10. The number of hydrogen-bond donors (Lipinski definition) is 1. The maximum Gasteiger partial charge on any atom is 0.244 e. The van der Waals surface area contributed by atoms with Crippen molar-refractivity contribution in [1.82, 2.24) is 10.3 Å². The van der Waals surface area contributed by atoms with Crippen molar-refractivity contribution in [3.8, 4) is 0 Å². The summed E-state index contributed by atoms with van der Waals surface area (Å²) in [6.07, 6.45) is 5.46. The van der Waals surface area contributed by atoms with E-state index in [1.54, 1.807) is 6.08 Å². The standard InChI is InChI=1S/C22H26ClN3O2/c1-15-4-5-18(10-20(15)23)7-9-22(27)25-12-19-6-8-21(24-11-19)26-13-16(2)28-17(3)14-26/h4-11,16-17H,12-14H2,1-3H3,(H,25,27)/b9-7+. The van der Waals surface area contributed by atoms with Crippen molar-refractivity contribution < 1.29 is 9.53 Å². The molecule has 3 rings (SSSR count). The molecular weight excluding hydrogens is 374 g/mol. The summed E-state index contributed by atoms with van der Waals surface area (Å²) < 4.78 is 5.76. The molecule has 1 aliphatic heterocycles. The minimum atomic E-state index is -0.156. The SMILES string of the molecule is Cc1ccc(/C=C/C(=O)NCc2ccc(N3CC(C)OC(C)C3)nc2)cc1Cl. The molecule has 0 aliphatic carbocycles. The second kappa shape index (κ2) is 9.22. The van der Waals surface area contributed by atoms with Crippen LogP contribution in [0.15, 0.2) is 42.6 Å². The van der Waals surface area contributed by atoms with Crippen LogP contribution in [-0.2, 0) is 16.1 Å². The Morgan fingerprint density at radius 3 is 2.68 bits per heavy atom. The fourth-order valence-corrected chi connectivity index (χ4v) is 3.40. The largest absolute Gasteiger partial charge is 0.372 e. The van der Waals surface area contributed by atoms with Crippen molar-refractivity contribution in [3.63, 3.8) is 0 Å². The highest BCUT2D eigenvalue weighted by molar-refractivity contribution is 6.31. The van der Waals surface area contributed by atoms with Crippen molar-refractivity contribution in [3.05, 3.63) is 64.3 Å². The average molecular weight is 400 g/mol. The zero-order chi connectivity index (χ0) is 20.1. The molecule has 6 heteroatoms. The zero-order valence-corrected chi connectivity index (χ0v) is 17.2. The molecule has 2 heterocycles. The summed E-state index contributed by atoms with van der Waals surface area (Å²) in [5.74, 6) is 0.782. The van der Waals surface area contributed by atoms with E-state index in [1.165, 1.54) is 6.08 Å². The van der Waals surface area contributed by atoms with Crippen LogP contribution in [0.25, 0.3) is 6.08 Å². The predicted molar refractivity (Wildman–Crippen MR) is 114 cm³/mol. The molecule has 28 heavy (non-hydrogen) atoms. The van der Waals surface area contributed by atoms with Gasteiger partial charge in [-0.05, 0) is 55.7 Å². The van der Waals surface area contributed by atoms with E-state index in [0.717, 1.165) is 35.6 Å². The first-order valence-corrected chi connectivity index (χ1v) is 9.86. The van der Waals surface area contributed by atoms with E-state index in [-0.39, 0.29) is 18.1 Å². The van der Waals surface area contributed by atoms with Crippen molar-refractivity contribution in [2.24, 2.45) is 0 Å². The van der Waals surface area contributed by atoms with Crippen LogP contribution in [0.3, 0.4) is 0 Å². The normalized spacial score (nSPS) is 19.8. The van der Waals surface area contributed by atoms with E-state index in [0.29, 0.717) is 11.6 Å². The number of pyridine rings is 1. The molecule has 1 N–H and O–H groups in total. The first-order chi connectivity index (χ1) is 13.4. The number of nitrogens with zero attached hydrogens (tertiary/aromatic N) is 2. The maximum atomic E-state index is 12.1. The third-order valence-electron chi connectivity index (χ3n) is 4.64. The Morgan fingerprint density at radius 2 is 2.04 bits per heavy atom. The van der Waals surface area contributed by atoms with Crippen molar-refractivity contribution in [2.45, 2.75) is 39.5 Å². The Kier molecular flexibility index (Phi) is 6.70. The van der Waals surface area contributed by atoms with Gasteiger partial charge in [0.15, 0.2) is 0 Å². The molecule has 2 unspecified atom stereocenters. The first kappa shape index (κ1) is 20.4. The summed E-state index contributed by atoms with van der Waals surface area (Å²) in [5.41, 5.74) is 2.86. The maximum absolute atomic E-state index is 12.1. The van der Waals surface area contributed by atoms with Gasteiger partial charge >= 0.3 is 0 Å². The van der Waals surface area contributed by atoms with Gasteiger partial charge < -0.3 is 15.0 Å². The second-order valence-corrected chi connectivity index (χ2v) is 7.65. The minimum absolute atomic E-state index is 0.156. The van der Waals surface area contributed by atoms with Crippen molar-refractivity contribution in [1.29, 1.82) is 0 Å². The Labute approximate surface area is 171 Å². The molecular formula is C22H26ClN3O2. The fourth-order valence-electron chi connectivity index (χ4n) is 3.21. The highest BCUT2D eigenvalue weighted by Gasteiger charge is 2.22. The molecule has 1 fully saturated rings. The average Bonchev–Trinajstić information content (AvgIpc) is 2.67.